The molecule has 0 aliphatic carbocycles. The van der Waals surface area contributed by atoms with Gasteiger partial charge in [0.2, 0.25) is 0 Å². The van der Waals surface area contributed by atoms with Gasteiger partial charge in [0.05, 0.1) is 25.6 Å². The van der Waals surface area contributed by atoms with Gasteiger partial charge in [-0.25, -0.2) is 9.78 Å². The number of pyridine rings is 1. The normalized spacial score (nSPS) is 11.3. The van der Waals surface area contributed by atoms with Crippen LogP contribution in [0.1, 0.15) is 5.69 Å². The summed E-state index contributed by atoms with van der Waals surface area (Å²) in [7, 11) is 1.24. The second-order valence-corrected chi connectivity index (χ2v) is 2.95. The number of esters is 1. The predicted molar refractivity (Wildman–Crippen MR) is 55.5 cm³/mol. The van der Waals surface area contributed by atoms with Crippen molar-refractivity contribution in [3.63, 3.8) is 0 Å². The molecule has 1 heterocycles. The Labute approximate surface area is 92.5 Å². The molecule has 0 saturated carbocycles. The molecule has 1 rings (SSSR count). The van der Waals surface area contributed by atoms with Gasteiger partial charge in [-0.2, -0.15) is 5.26 Å². The van der Waals surface area contributed by atoms with Gasteiger partial charge in [0, 0.05) is 0 Å². The summed E-state index contributed by atoms with van der Waals surface area (Å²) in [6.07, 6.45) is 1.41. The average molecular weight is 221 g/mol. The largest absolute Gasteiger partial charge is 0.467 e. The number of hydrogen-bond acceptors (Lipinski definition) is 6. The molecule has 2 N–H and O–H groups in total. The van der Waals surface area contributed by atoms with E-state index in [4.69, 9.17) is 10.4 Å². The van der Waals surface area contributed by atoms with Crippen LogP contribution in [-0.2, 0) is 9.53 Å². The summed E-state index contributed by atoms with van der Waals surface area (Å²) in [6.45, 7) is -0.382. The quantitative estimate of drug-likeness (QED) is 0.689. The highest BCUT2D eigenvalue weighted by atomic mass is 16.5. The number of anilines is 1. The van der Waals surface area contributed by atoms with Crippen LogP contribution in [0.5, 0.6) is 0 Å². The summed E-state index contributed by atoms with van der Waals surface area (Å²) in [5, 5.41) is 20.2. The van der Waals surface area contributed by atoms with Gasteiger partial charge < -0.3 is 15.2 Å². The van der Waals surface area contributed by atoms with Crippen molar-refractivity contribution in [3.8, 4) is 6.07 Å². The Morgan fingerprint density at radius 3 is 2.94 bits per heavy atom. The summed E-state index contributed by atoms with van der Waals surface area (Å²) >= 11 is 0. The van der Waals surface area contributed by atoms with Gasteiger partial charge >= 0.3 is 5.97 Å². The third-order valence-corrected chi connectivity index (χ3v) is 1.89. The number of hydrogen-bond donors (Lipinski definition) is 2. The van der Waals surface area contributed by atoms with Crippen LogP contribution in [0.25, 0.3) is 0 Å². The average Bonchev–Trinajstić information content (AvgIpc) is 2.35. The zero-order chi connectivity index (χ0) is 12.0. The number of nitrogens with one attached hydrogen (secondary N) is 1. The molecule has 0 amide bonds. The minimum Gasteiger partial charge on any atom is -0.467 e. The van der Waals surface area contributed by atoms with Crippen LogP contribution in [0.3, 0.4) is 0 Å². The molecule has 0 spiro atoms. The molecule has 0 radical (unpaired) electrons. The van der Waals surface area contributed by atoms with Gasteiger partial charge in [-0.05, 0) is 12.1 Å². The lowest BCUT2D eigenvalue weighted by molar-refractivity contribution is -0.142. The van der Waals surface area contributed by atoms with E-state index >= 15 is 0 Å². The summed E-state index contributed by atoms with van der Waals surface area (Å²) in [5.41, 5.74) is 0.813. The molecule has 1 unspecified atom stereocenters. The Hall–Kier alpha value is -2.13. The van der Waals surface area contributed by atoms with Crippen molar-refractivity contribution in [3.05, 3.63) is 24.0 Å². The molecule has 0 fully saturated rings. The number of aliphatic hydroxyl groups excluding tert-OH is 1. The van der Waals surface area contributed by atoms with Crippen LogP contribution < -0.4 is 5.32 Å². The fourth-order valence-electron chi connectivity index (χ4n) is 1.07. The molecule has 0 aliphatic heterocycles. The first-order chi connectivity index (χ1) is 7.71. The molecule has 6 heteroatoms. The maximum atomic E-state index is 11.2. The van der Waals surface area contributed by atoms with Crippen LogP contribution >= 0.6 is 0 Å². The van der Waals surface area contributed by atoms with Crippen molar-refractivity contribution in [2.24, 2.45) is 0 Å². The Kier molecular flexibility index (Phi) is 4.24. The lowest BCUT2D eigenvalue weighted by atomic mass is 10.3. The molecule has 6 nitrogen and oxygen atoms in total. The van der Waals surface area contributed by atoms with Crippen molar-refractivity contribution >= 4 is 11.7 Å². The van der Waals surface area contributed by atoms with Crippen LogP contribution in [-0.4, -0.2) is 35.8 Å². The molecule has 0 saturated heterocycles. The van der Waals surface area contributed by atoms with Crippen molar-refractivity contribution in [2.45, 2.75) is 6.04 Å². The number of carbonyl (C=O) groups excluding carboxylic acids is 1. The molecule has 0 aliphatic rings. The molecule has 1 aromatic rings. The van der Waals surface area contributed by atoms with Crippen LogP contribution in [0.2, 0.25) is 0 Å². The Morgan fingerprint density at radius 2 is 2.50 bits per heavy atom. The first-order valence-corrected chi connectivity index (χ1v) is 4.52. The second kappa shape index (κ2) is 5.68. The van der Waals surface area contributed by atoms with E-state index in [0.29, 0.717) is 5.69 Å². The van der Waals surface area contributed by atoms with E-state index in [9.17, 15) is 4.79 Å². The maximum absolute atomic E-state index is 11.2. The van der Waals surface area contributed by atoms with Crippen molar-refractivity contribution in [1.29, 1.82) is 5.26 Å². The molecular formula is C10H11N3O3. The minimum absolute atomic E-state index is 0.282. The first kappa shape index (κ1) is 11.9. The number of carbonyl (C=O) groups is 1. The molecule has 1 atom stereocenters. The van der Waals surface area contributed by atoms with Crippen LogP contribution in [0.15, 0.2) is 18.3 Å². The number of nitrogens with zero attached hydrogens (tertiary/aromatic N) is 2. The third kappa shape index (κ3) is 2.93. The zero-order valence-corrected chi connectivity index (χ0v) is 8.67. The molecule has 16 heavy (non-hydrogen) atoms. The number of aliphatic hydroxyl groups is 1. The van der Waals surface area contributed by atoms with E-state index in [2.05, 4.69) is 15.0 Å². The highest BCUT2D eigenvalue weighted by Gasteiger charge is 2.17. The van der Waals surface area contributed by atoms with Gasteiger partial charge in [0.1, 0.15) is 17.8 Å². The number of rotatable bonds is 4. The maximum Gasteiger partial charge on any atom is 0.330 e. The number of ether oxygens (including phenoxy) is 1. The first-order valence-electron chi connectivity index (χ1n) is 4.52. The van der Waals surface area contributed by atoms with E-state index in [1.165, 1.54) is 19.4 Å². The Balaban J connectivity index is 2.71. The molecule has 0 aromatic carbocycles. The van der Waals surface area contributed by atoms with Gasteiger partial charge in [-0.15, -0.1) is 0 Å². The monoisotopic (exact) mass is 221 g/mol. The fraction of sp³-hybridized carbons (Fsp3) is 0.300. The highest BCUT2D eigenvalue weighted by Crippen LogP contribution is 2.07. The molecule has 1 aromatic heterocycles. The van der Waals surface area contributed by atoms with E-state index in [1.807, 2.05) is 6.07 Å². The summed E-state index contributed by atoms with van der Waals surface area (Å²) in [4.78, 5) is 15.0. The van der Waals surface area contributed by atoms with Crippen molar-refractivity contribution < 1.29 is 14.6 Å². The second-order valence-electron chi connectivity index (χ2n) is 2.95. The van der Waals surface area contributed by atoms with Gasteiger partial charge in [-0.1, -0.05) is 0 Å². The topological polar surface area (TPSA) is 95.2 Å². The number of aromatic nitrogens is 1. The van der Waals surface area contributed by atoms with Crippen molar-refractivity contribution in [1.82, 2.24) is 4.98 Å². The zero-order valence-electron chi connectivity index (χ0n) is 8.67. The SMILES string of the molecule is COC(=O)C(CO)Nc1ccc(C#N)nc1. The van der Waals surface area contributed by atoms with Crippen LogP contribution in [0.4, 0.5) is 5.69 Å². The van der Waals surface area contributed by atoms with Gasteiger partial charge in [-0.3, -0.25) is 0 Å². The van der Waals surface area contributed by atoms with Gasteiger partial charge in [0.15, 0.2) is 0 Å². The molecular weight excluding hydrogens is 210 g/mol. The van der Waals surface area contributed by atoms with Crippen LogP contribution in [0, 0.1) is 11.3 Å². The molecule has 84 valence electrons. The fourth-order valence-corrected chi connectivity index (χ4v) is 1.07. The third-order valence-electron chi connectivity index (χ3n) is 1.89. The Bertz CT molecular complexity index is 397. The van der Waals surface area contributed by atoms with E-state index in [1.54, 1.807) is 6.07 Å². The van der Waals surface area contributed by atoms with Crippen molar-refractivity contribution in [2.75, 3.05) is 19.0 Å². The Morgan fingerprint density at radius 1 is 1.75 bits per heavy atom. The van der Waals surface area contributed by atoms with E-state index < -0.39 is 12.0 Å². The number of methoxy groups -OCH3 is 1. The van der Waals surface area contributed by atoms with E-state index in [0.717, 1.165) is 0 Å². The lowest BCUT2D eigenvalue weighted by Gasteiger charge is -2.14. The molecule has 0 bridgehead atoms. The minimum atomic E-state index is -0.834. The summed E-state index contributed by atoms with van der Waals surface area (Å²) in [5.74, 6) is -0.563. The van der Waals surface area contributed by atoms with E-state index in [-0.39, 0.29) is 12.3 Å². The predicted octanol–water partition coefficient (Wildman–Crippen LogP) is -0.101. The standard InChI is InChI=1S/C10H11N3O3/c1-16-10(15)9(6-14)13-8-3-2-7(4-11)12-5-8/h2-3,5,9,13-14H,6H2,1H3. The van der Waals surface area contributed by atoms with Gasteiger partial charge in [0.25, 0.3) is 0 Å². The number of nitriles is 1. The lowest BCUT2D eigenvalue weighted by Crippen LogP contribution is -2.34. The summed E-state index contributed by atoms with van der Waals surface area (Å²) in [6, 6.07) is 4.14. The highest BCUT2D eigenvalue weighted by molar-refractivity contribution is 5.79. The smallest absolute Gasteiger partial charge is 0.330 e. The summed E-state index contributed by atoms with van der Waals surface area (Å²) < 4.78 is 4.49.